The molecule has 0 saturated carbocycles. The van der Waals surface area contributed by atoms with E-state index in [1.54, 1.807) is 0 Å². The van der Waals surface area contributed by atoms with Crippen molar-refractivity contribution in [1.82, 2.24) is 0 Å². The number of esters is 1. The van der Waals surface area contributed by atoms with Gasteiger partial charge in [0.1, 0.15) is 5.75 Å². The van der Waals surface area contributed by atoms with Crippen molar-refractivity contribution in [1.29, 1.82) is 0 Å². The number of carbonyl (C=O) groups is 1. The van der Waals surface area contributed by atoms with Crippen molar-refractivity contribution in [2.75, 3.05) is 6.61 Å². The average molecular weight is 349 g/mol. The Kier molecular flexibility index (Phi) is 9.62. The second kappa shape index (κ2) is 11.2. The van der Waals surface area contributed by atoms with Gasteiger partial charge >= 0.3 is 5.97 Å². The number of phenols is 1. The SMILES string of the molecule is CCCCCCCOC(=O)CCc1cc(C(C)C)c(O)c(C(C)C)c1. The Morgan fingerprint density at radius 1 is 1.00 bits per heavy atom. The molecule has 0 atom stereocenters. The molecule has 0 saturated heterocycles. The molecule has 0 aliphatic rings. The highest BCUT2D eigenvalue weighted by molar-refractivity contribution is 5.69. The maximum Gasteiger partial charge on any atom is 0.306 e. The fourth-order valence-corrected chi connectivity index (χ4v) is 2.98. The maximum absolute atomic E-state index is 11.9. The lowest BCUT2D eigenvalue weighted by molar-refractivity contribution is -0.143. The van der Waals surface area contributed by atoms with Crippen LogP contribution in [0.25, 0.3) is 0 Å². The van der Waals surface area contributed by atoms with Crippen LogP contribution in [0.3, 0.4) is 0 Å². The Bertz CT molecular complexity index is 503. The highest BCUT2D eigenvalue weighted by Gasteiger charge is 2.15. The minimum atomic E-state index is -0.124. The van der Waals surface area contributed by atoms with E-state index in [1.165, 1.54) is 19.3 Å². The van der Waals surface area contributed by atoms with Crippen molar-refractivity contribution < 1.29 is 14.6 Å². The highest BCUT2D eigenvalue weighted by atomic mass is 16.5. The summed E-state index contributed by atoms with van der Waals surface area (Å²) in [5.74, 6) is 0.796. The van der Waals surface area contributed by atoms with Crippen LogP contribution in [0.15, 0.2) is 12.1 Å². The molecule has 0 heterocycles. The molecule has 1 aromatic carbocycles. The summed E-state index contributed by atoms with van der Waals surface area (Å²) in [5.41, 5.74) is 3.03. The predicted octanol–water partition coefficient (Wildman–Crippen LogP) is 6.09. The predicted molar refractivity (Wildman–Crippen MR) is 104 cm³/mol. The van der Waals surface area contributed by atoms with E-state index in [0.29, 0.717) is 25.2 Å². The van der Waals surface area contributed by atoms with E-state index in [0.717, 1.165) is 29.5 Å². The van der Waals surface area contributed by atoms with Gasteiger partial charge in [-0.3, -0.25) is 4.79 Å². The van der Waals surface area contributed by atoms with Crippen molar-refractivity contribution in [3.05, 3.63) is 28.8 Å². The third kappa shape index (κ3) is 7.50. The Morgan fingerprint density at radius 3 is 2.08 bits per heavy atom. The van der Waals surface area contributed by atoms with Gasteiger partial charge in [0.05, 0.1) is 6.61 Å². The summed E-state index contributed by atoms with van der Waals surface area (Å²) >= 11 is 0. The van der Waals surface area contributed by atoms with Gasteiger partial charge in [0.2, 0.25) is 0 Å². The van der Waals surface area contributed by atoms with E-state index in [1.807, 2.05) is 12.1 Å². The van der Waals surface area contributed by atoms with Gasteiger partial charge in [-0.05, 0) is 41.4 Å². The number of phenolic OH excluding ortho intramolecular Hbond substituents is 1. The second-order valence-electron chi connectivity index (χ2n) is 7.57. The molecule has 1 aromatic rings. The lowest BCUT2D eigenvalue weighted by atomic mass is 9.90. The van der Waals surface area contributed by atoms with E-state index in [-0.39, 0.29) is 17.8 Å². The zero-order valence-corrected chi connectivity index (χ0v) is 16.7. The Balaban J connectivity index is 2.54. The zero-order valence-electron chi connectivity index (χ0n) is 16.7. The van der Waals surface area contributed by atoms with E-state index < -0.39 is 0 Å². The molecule has 0 aliphatic heterocycles. The number of carbonyl (C=O) groups excluding carboxylic acids is 1. The molecule has 0 aliphatic carbocycles. The molecule has 0 radical (unpaired) electrons. The van der Waals surface area contributed by atoms with Crippen LogP contribution in [-0.4, -0.2) is 17.7 Å². The van der Waals surface area contributed by atoms with Crippen molar-refractivity contribution in [3.8, 4) is 5.75 Å². The van der Waals surface area contributed by atoms with Crippen LogP contribution in [0.4, 0.5) is 0 Å². The fraction of sp³-hybridized carbons (Fsp3) is 0.682. The minimum Gasteiger partial charge on any atom is -0.507 e. The number of hydrogen-bond acceptors (Lipinski definition) is 3. The first kappa shape index (κ1) is 21.5. The standard InChI is InChI=1S/C22H36O3/c1-6-7-8-9-10-13-25-21(23)12-11-18-14-19(16(2)3)22(24)20(15-18)17(4)5/h14-17,24H,6-13H2,1-5H3. The quantitative estimate of drug-likeness (QED) is 0.389. The fourth-order valence-electron chi connectivity index (χ4n) is 2.98. The largest absolute Gasteiger partial charge is 0.507 e. The van der Waals surface area contributed by atoms with Gasteiger partial charge in [-0.15, -0.1) is 0 Å². The summed E-state index contributed by atoms with van der Waals surface area (Å²) in [6, 6.07) is 4.06. The lowest BCUT2D eigenvalue weighted by Gasteiger charge is -2.17. The summed E-state index contributed by atoms with van der Waals surface area (Å²) in [6.45, 7) is 11.0. The van der Waals surface area contributed by atoms with Crippen LogP contribution in [0, 0.1) is 0 Å². The molecule has 0 bridgehead atoms. The normalized spacial score (nSPS) is 11.3. The number of unbranched alkanes of at least 4 members (excludes halogenated alkanes) is 4. The highest BCUT2D eigenvalue weighted by Crippen LogP contribution is 2.35. The summed E-state index contributed by atoms with van der Waals surface area (Å²) < 4.78 is 5.33. The molecule has 0 unspecified atom stereocenters. The van der Waals surface area contributed by atoms with Crippen LogP contribution in [0.2, 0.25) is 0 Å². The number of rotatable bonds is 11. The third-order valence-corrected chi connectivity index (χ3v) is 4.60. The summed E-state index contributed by atoms with van der Waals surface area (Å²) in [6.07, 6.45) is 6.85. The number of hydrogen-bond donors (Lipinski definition) is 1. The van der Waals surface area contributed by atoms with Crippen LogP contribution in [0.1, 0.15) is 102 Å². The van der Waals surface area contributed by atoms with Crippen LogP contribution in [-0.2, 0) is 16.0 Å². The summed E-state index contributed by atoms with van der Waals surface area (Å²) in [5, 5.41) is 10.4. The van der Waals surface area contributed by atoms with Gasteiger partial charge in [0, 0.05) is 6.42 Å². The van der Waals surface area contributed by atoms with Crippen LogP contribution < -0.4 is 0 Å². The van der Waals surface area contributed by atoms with Crippen molar-refractivity contribution in [2.24, 2.45) is 0 Å². The molecular weight excluding hydrogens is 312 g/mol. The van der Waals surface area contributed by atoms with Crippen LogP contribution >= 0.6 is 0 Å². The second-order valence-corrected chi connectivity index (χ2v) is 7.57. The van der Waals surface area contributed by atoms with Gasteiger partial charge in [0.15, 0.2) is 0 Å². The molecule has 0 aromatic heterocycles. The van der Waals surface area contributed by atoms with Gasteiger partial charge < -0.3 is 9.84 Å². The smallest absolute Gasteiger partial charge is 0.306 e. The molecule has 0 amide bonds. The first-order valence-corrected chi connectivity index (χ1v) is 9.88. The molecule has 25 heavy (non-hydrogen) atoms. The van der Waals surface area contributed by atoms with Gasteiger partial charge in [0.25, 0.3) is 0 Å². The Morgan fingerprint density at radius 2 is 1.56 bits per heavy atom. The lowest BCUT2D eigenvalue weighted by Crippen LogP contribution is -2.08. The molecule has 3 heteroatoms. The Labute approximate surface area is 153 Å². The topological polar surface area (TPSA) is 46.5 Å². The summed E-state index contributed by atoms with van der Waals surface area (Å²) in [7, 11) is 0. The van der Waals surface area contributed by atoms with Crippen LogP contribution in [0.5, 0.6) is 5.75 Å². The minimum absolute atomic E-state index is 0.124. The molecule has 1 N–H and O–H groups in total. The molecule has 0 spiro atoms. The van der Waals surface area contributed by atoms with E-state index in [4.69, 9.17) is 4.74 Å². The molecule has 3 nitrogen and oxygen atoms in total. The molecule has 1 rings (SSSR count). The first-order chi connectivity index (χ1) is 11.9. The maximum atomic E-state index is 11.9. The summed E-state index contributed by atoms with van der Waals surface area (Å²) in [4.78, 5) is 11.9. The molecule has 0 fully saturated rings. The van der Waals surface area contributed by atoms with Crippen molar-refractivity contribution in [3.63, 3.8) is 0 Å². The van der Waals surface area contributed by atoms with E-state index in [2.05, 4.69) is 34.6 Å². The van der Waals surface area contributed by atoms with Gasteiger partial charge in [-0.2, -0.15) is 0 Å². The zero-order chi connectivity index (χ0) is 18.8. The van der Waals surface area contributed by atoms with Crippen molar-refractivity contribution in [2.45, 2.75) is 91.4 Å². The number of ether oxygens (including phenoxy) is 1. The third-order valence-electron chi connectivity index (χ3n) is 4.60. The van der Waals surface area contributed by atoms with Gasteiger partial charge in [-0.25, -0.2) is 0 Å². The molecular formula is C22H36O3. The van der Waals surface area contributed by atoms with E-state index >= 15 is 0 Å². The average Bonchev–Trinajstić information content (AvgIpc) is 2.56. The number of aryl methyl sites for hydroxylation is 1. The number of benzene rings is 1. The van der Waals surface area contributed by atoms with Gasteiger partial charge in [-0.1, -0.05) is 72.4 Å². The first-order valence-electron chi connectivity index (χ1n) is 9.88. The number of aromatic hydroxyl groups is 1. The molecule has 142 valence electrons. The van der Waals surface area contributed by atoms with Crippen molar-refractivity contribution >= 4 is 5.97 Å². The monoisotopic (exact) mass is 348 g/mol. The Hall–Kier alpha value is -1.51. The van der Waals surface area contributed by atoms with E-state index in [9.17, 15) is 9.90 Å².